The van der Waals surface area contributed by atoms with Gasteiger partial charge in [-0.3, -0.25) is 4.79 Å². The molecule has 5 heteroatoms. The van der Waals surface area contributed by atoms with Crippen LogP contribution in [0.25, 0.3) is 6.08 Å². The molecule has 1 aromatic carbocycles. The average Bonchev–Trinajstić information content (AvgIpc) is 2.20. The highest BCUT2D eigenvalue weighted by atomic mass is 16.4. The smallest absolute Gasteiger partial charge is 0.394 e. The first-order valence-electron chi connectivity index (χ1n) is 4.09. The molecule has 0 aliphatic carbocycles. The van der Waals surface area contributed by atoms with Crippen molar-refractivity contribution in [2.75, 3.05) is 0 Å². The fourth-order valence-corrected chi connectivity index (χ4v) is 0.861. The summed E-state index contributed by atoms with van der Waals surface area (Å²) in [5.41, 5.74) is 0.735. The normalized spacial score (nSPS) is 10.1. The topological polar surface area (TPSA) is 86.6 Å². The molecule has 0 atom stereocenters. The highest BCUT2D eigenvalue weighted by Crippen LogP contribution is 2.10. The molecule has 0 bridgehead atoms. The van der Waals surface area contributed by atoms with Gasteiger partial charge in [0.15, 0.2) is 0 Å². The van der Waals surface area contributed by atoms with Crippen molar-refractivity contribution in [1.82, 2.24) is 5.32 Å². The molecule has 5 nitrogen and oxygen atoms in total. The third kappa shape index (κ3) is 3.51. The molecule has 78 valence electrons. The summed E-state index contributed by atoms with van der Waals surface area (Å²) in [5, 5.41) is 19.3. The monoisotopic (exact) mass is 207 g/mol. The molecule has 0 aromatic heterocycles. The molecule has 0 fully saturated rings. The van der Waals surface area contributed by atoms with Gasteiger partial charge in [0.1, 0.15) is 5.75 Å². The van der Waals surface area contributed by atoms with E-state index in [4.69, 9.17) is 10.2 Å². The predicted octanol–water partition coefficient (Wildman–Crippen LogP) is 0.564. The number of amides is 1. The van der Waals surface area contributed by atoms with Crippen LogP contribution >= 0.6 is 0 Å². The Hall–Kier alpha value is -2.30. The molecule has 3 N–H and O–H groups in total. The van der Waals surface area contributed by atoms with E-state index in [0.717, 1.165) is 5.56 Å². The number of carbonyl (C=O) groups is 2. The molecular weight excluding hydrogens is 198 g/mol. The van der Waals surface area contributed by atoms with Gasteiger partial charge in [-0.1, -0.05) is 12.1 Å². The Kier molecular flexibility index (Phi) is 3.45. The van der Waals surface area contributed by atoms with Gasteiger partial charge in [-0.25, -0.2) is 4.79 Å². The Bertz CT molecular complexity index is 394. The molecule has 0 unspecified atom stereocenters. The van der Waals surface area contributed by atoms with E-state index >= 15 is 0 Å². The van der Waals surface area contributed by atoms with E-state index < -0.39 is 11.9 Å². The Morgan fingerprint density at radius 3 is 2.33 bits per heavy atom. The minimum atomic E-state index is -1.54. The predicted molar refractivity (Wildman–Crippen MR) is 52.9 cm³/mol. The zero-order valence-corrected chi connectivity index (χ0v) is 7.68. The zero-order chi connectivity index (χ0) is 11.3. The van der Waals surface area contributed by atoms with Crippen molar-refractivity contribution in [3.05, 3.63) is 36.0 Å². The van der Waals surface area contributed by atoms with Gasteiger partial charge in [-0.15, -0.1) is 0 Å². The second kappa shape index (κ2) is 4.80. The lowest BCUT2D eigenvalue weighted by molar-refractivity contribution is -0.149. The number of carboxylic acids is 1. The number of hydrogen-bond donors (Lipinski definition) is 3. The van der Waals surface area contributed by atoms with Crippen molar-refractivity contribution < 1.29 is 19.8 Å². The van der Waals surface area contributed by atoms with Crippen molar-refractivity contribution in [2.45, 2.75) is 0 Å². The van der Waals surface area contributed by atoms with Gasteiger partial charge in [-0.05, 0) is 23.8 Å². The minimum absolute atomic E-state index is 0.140. The number of aromatic hydroxyl groups is 1. The Morgan fingerprint density at radius 1 is 1.20 bits per heavy atom. The second-order valence-corrected chi connectivity index (χ2v) is 2.70. The maximum absolute atomic E-state index is 10.6. The third-order valence-electron chi connectivity index (χ3n) is 1.58. The van der Waals surface area contributed by atoms with Gasteiger partial charge in [0.2, 0.25) is 0 Å². The van der Waals surface area contributed by atoms with Crippen molar-refractivity contribution in [1.29, 1.82) is 0 Å². The number of aliphatic carboxylic acids is 1. The first-order chi connectivity index (χ1) is 7.09. The first-order valence-corrected chi connectivity index (χ1v) is 4.09. The van der Waals surface area contributed by atoms with Crippen molar-refractivity contribution in [3.63, 3.8) is 0 Å². The van der Waals surface area contributed by atoms with Gasteiger partial charge >= 0.3 is 11.9 Å². The van der Waals surface area contributed by atoms with E-state index in [2.05, 4.69) is 5.32 Å². The van der Waals surface area contributed by atoms with Crippen LogP contribution in [0.2, 0.25) is 0 Å². The SMILES string of the molecule is O=C(O)C(=O)NC=Cc1ccc(O)cc1. The molecule has 0 saturated carbocycles. The lowest BCUT2D eigenvalue weighted by Crippen LogP contribution is -2.25. The van der Waals surface area contributed by atoms with Crippen molar-refractivity contribution >= 4 is 18.0 Å². The lowest BCUT2D eigenvalue weighted by atomic mass is 10.2. The number of phenolic OH excluding ortho intramolecular Hbond substituents is 1. The van der Waals surface area contributed by atoms with E-state index in [-0.39, 0.29) is 5.75 Å². The molecule has 0 heterocycles. The summed E-state index contributed by atoms with van der Waals surface area (Å²) < 4.78 is 0. The van der Waals surface area contributed by atoms with Crippen LogP contribution in [0.5, 0.6) is 5.75 Å². The Balaban J connectivity index is 2.55. The lowest BCUT2D eigenvalue weighted by Gasteiger charge is -1.95. The van der Waals surface area contributed by atoms with Gasteiger partial charge in [0.25, 0.3) is 0 Å². The summed E-state index contributed by atoms with van der Waals surface area (Å²) in [6.07, 6.45) is 2.74. The molecule has 0 saturated heterocycles. The molecule has 0 aliphatic heterocycles. The van der Waals surface area contributed by atoms with Crippen LogP contribution in [-0.4, -0.2) is 22.1 Å². The number of phenols is 1. The molecule has 1 aromatic rings. The van der Waals surface area contributed by atoms with Gasteiger partial charge < -0.3 is 15.5 Å². The number of rotatable bonds is 2. The molecule has 0 radical (unpaired) electrons. The Labute approximate surface area is 85.7 Å². The van der Waals surface area contributed by atoms with Crippen LogP contribution in [0.4, 0.5) is 0 Å². The molecule has 0 spiro atoms. The zero-order valence-electron chi connectivity index (χ0n) is 7.68. The Morgan fingerprint density at radius 2 is 1.80 bits per heavy atom. The van der Waals surface area contributed by atoms with Gasteiger partial charge in [0, 0.05) is 6.20 Å². The molecular formula is C10H9NO4. The van der Waals surface area contributed by atoms with Crippen LogP contribution in [0, 0.1) is 0 Å². The van der Waals surface area contributed by atoms with Crippen LogP contribution in [0.15, 0.2) is 30.5 Å². The molecule has 1 amide bonds. The summed E-state index contributed by atoms with van der Waals surface area (Å²) >= 11 is 0. The number of carboxylic acid groups (broad SMARTS) is 1. The number of nitrogens with one attached hydrogen (secondary N) is 1. The highest BCUT2D eigenvalue weighted by Gasteiger charge is 2.06. The van der Waals surface area contributed by atoms with E-state index in [1.54, 1.807) is 12.1 Å². The van der Waals surface area contributed by atoms with Crippen LogP contribution < -0.4 is 5.32 Å². The quantitative estimate of drug-likeness (QED) is 0.618. The molecule has 1 rings (SSSR count). The van der Waals surface area contributed by atoms with E-state index in [1.807, 2.05) is 0 Å². The van der Waals surface area contributed by atoms with Crippen LogP contribution in [0.1, 0.15) is 5.56 Å². The summed E-state index contributed by atoms with van der Waals surface area (Å²) in [6, 6.07) is 6.22. The standard InChI is InChI=1S/C10H9NO4/c12-8-3-1-7(2-4-8)5-6-11-9(13)10(14)15/h1-6,12H,(H,11,13)(H,14,15). The fourth-order valence-electron chi connectivity index (χ4n) is 0.861. The summed E-state index contributed by atoms with van der Waals surface area (Å²) in [6.45, 7) is 0. The van der Waals surface area contributed by atoms with Crippen molar-refractivity contribution in [2.24, 2.45) is 0 Å². The second-order valence-electron chi connectivity index (χ2n) is 2.70. The molecule has 0 aliphatic rings. The van der Waals surface area contributed by atoms with E-state index in [1.165, 1.54) is 24.4 Å². The van der Waals surface area contributed by atoms with Gasteiger partial charge in [-0.2, -0.15) is 0 Å². The minimum Gasteiger partial charge on any atom is -0.508 e. The highest BCUT2D eigenvalue weighted by molar-refractivity contribution is 6.31. The number of hydrogen-bond acceptors (Lipinski definition) is 3. The van der Waals surface area contributed by atoms with Gasteiger partial charge in [0.05, 0.1) is 0 Å². The third-order valence-corrected chi connectivity index (χ3v) is 1.58. The van der Waals surface area contributed by atoms with E-state index in [9.17, 15) is 9.59 Å². The maximum Gasteiger partial charge on any atom is 0.394 e. The summed E-state index contributed by atoms with van der Waals surface area (Å²) in [4.78, 5) is 20.7. The van der Waals surface area contributed by atoms with Crippen LogP contribution in [-0.2, 0) is 9.59 Å². The summed E-state index contributed by atoms with van der Waals surface area (Å²) in [7, 11) is 0. The first kappa shape index (κ1) is 10.8. The van der Waals surface area contributed by atoms with Crippen LogP contribution in [0.3, 0.4) is 0 Å². The number of carbonyl (C=O) groups excluding carboxylic acids is 1. The van der Waals surface area contributed by atoms with Crippen molar-refractivity contribution in [3.8, 4) is 5.75 Å². The maximum atomic E-state index is 10.6. The largest absolute Gasteiger partial charge is 0.508 e. The average molecular weight is 207 g/mol. The molecule has 15 heavy (non-hydrogen) atoms. The summed E-state index contributed by atoms with van der Waals surface area (Å²) in [5.74, 6) is -2.49. The van der Waals surface area contributed by atoms with E-state index in [0.29, 0.717) is 0 Å². The number of benzene rings is 1. The fraction of sp³-hybridized carbons (Fsp3) is 0.